The quantitative estimate of drug-likeness (QED) is 0.858. The summed E-state index contributed by atoms with van der Waals surface area (Å²) in [4.78, 5) is 8.17. The molecule has 0 spiro atoms. The summed E-state index contributed by atoms with van der Waals surface area (Å²) in [6.07, 6.45) is 7.71. The van der Waals surface area contributed by atoms with Crippen molar-refractivity contribution in [2.24, 2.45) is 5.92 Å². The fraction of sp³-hybridized carbons (Fsp3) is 0.692. The van der Waals surface area contributed by atoms with Crippen LogP contribution < -0.4 is 15.8 Å². The lowest BCUT2D eigenvalue weighted by Gasteiger charge is -2.29. The van der Waals surface area contributed by atoms with Crippen LogP contribution in [0.4, 0.5) is 11.5 Å². The Morgan fingerprint density at radius 2 is 2.06 bits per heavy atom. The minimum Gasteiger partial charge on any atom is -0.479 e. The van der Waals surface area contributed by atoms with E-state index in [1.165, 1.54) is 38.4 Å². The molecule has 1 aromatic rings. The van der Waals surface area contributed by atoms with Gasteiger partial charge in [0.25, 0.3) is 0 Å². The predicted octanol–water partition coefficient (Wildman–Crippen LogP) is 2.45. The lowest BCUT2D eigenvalue weighted by atomic mass is 9.84. The third-order valence-electron chi connectivity index (χ3n) is 3.81. The van der Waals surface area contributed by atoms with Crippen LogP contribution in [0.3, 0.4) is 0 Å². The average molecular weight is 250 g/mol. The molecule has 0 atom stereocenters. The van der Waals surface area contributed by atoms with Crippen LogP contribution in [0, 0.1) is 5.92 Å². The van der Waals surface area contributed by atoms with Crippen molar-refractivity contribution in [1.29, 1.82) is 0 Å². The van der Waals surface area contributed by atoms with Crippen LogP contribution in [0.1, 0.15) is 39.0 Å². The van der Waals surface area contributed by atoms with E-state index in [9.17, 15) is 0 Å². The summed E-state index contributed by atoms with van der Waals surface area (Å²) in [5.41, 5.74) is 6.45. The number of anilines is 2. The highest BCUT2D eigenvalue weighted by Gasteiger charge is 2.21. The monoisotopic (exact) mass is 250 g/mol. The molecule has 1 aliphatic rings. The molecule has 100 valence electrons. The largest absolute Gasteiger partial charge is 0.479 e. The van der Waals surface area contributed by atoms with Gasteiger partial charge in [0.15, 0.2) is 5.82 Å². The van der Waals surface area contributed by atoms with Crippen molar-refractivity contribution in [3.63, 3.8) is 0 Å². The average Bonchev–Trinajstić information content (AvgIpc) is 2.42. The van der Waals surface area contributed by atoms with Crippen LogP contribution in [-0.2, 0) is 0 Å². The molecule has 0 bridgehead atoms. The van der Waals surface area contributed by atoms with E-state index in [0.717, 1.165) is 5.92 Å². The molecular formula is C13H22N4O. The molecule has 1 saturated carbocycles. The second-order valence-electron chi connectivity index (χ2n) is 4.92. The van der Waals surface area contributed by atoms with E-state index in [0.29, 0.717) is 23.4 Å². The number of aromatic nitrogens is 2. The minimum atomic E-state index is 0.440. The van der Waals surface area contributed by atoms with Crippen molar-refractivity contribution in [2.75, 3.05) is 18.2 Å². The van der Waals surface area contributed by atoms with Crippen molar-refractivity contribution < 1.29 is 4.74 Å². The number of hydrogen-bond donors (Lipinski definition) is 2. The van der Waals surface area contributed by atoms with Crippen LogP contribution in [0.25, 0.3) is 0 Å². The van der Waals surface area contributed by atoms with Gasteiger partial charge < -0.3 is 15.8 Å². The minimum absolute atomic E-state index is 0.440. The van der Waals surface area contributed by atoms with Crippen LogP contribution in [-0.4, -0.2) is 23.1 Å². The number of methoxy groups -OCH3 is 1. The molecule has 0 aromatic carbocycles. The van der Waals surface area contributed by atoms with E-state index in [2.05, 4.69) is 22.2 Å². The Hall–Kier alpha value is -1.52. The molecular weight excluding hydrogens is 228 g/mol. The van der Waals surface area contributed by atoms with Crippen molar-refractivity contribution in [2.45, 2.75) is 45.1 Å². The van der Waals surface area contributed by atoms with Gasteiger partial charge in [0.05, 0.1) is 7.11 Å². The first-order valence-electron chi connectivity index (χ1n) is 6.65. The molecule has 1 aliphatic carbocycles. The maximum Gasteiger partial charge on any atom is 0.242 e. The molecule has 3 N–H and O–H groups in total. The van der Waals surface area contributed by atoms with Gasteiger partial charge in [0, 0.05) is 6.04 Å². The summed E-state index contributed by atoms with van der Waals surface area (Å²) in [6.45, 7) is 2.27. The fourth-order valence-electron chi connectivity index (χ4n) is 2.57. The Bertz CT molecular complexity index is 389. The van der Waals surface area contributed by atoms with Gasteiger partial charge in [-0.1, -0.05) is 13.3 Å². The lowest BCUT2D eigenvalue weighted by molar-refractivity contribution is 0.329. The number of ether oxygens (including phenoxy) is 1. The van der Waals surface area contributed by atoms with Gasteiger partial charge >= 0.3 is 0 Å². The fourth-order valence-corrected chi connectivity index (χ4v) is 2.57. The normalized spacial score (nSPS) is 23.7. The summed E-state index contributed by atoms with van der Waals surface area (Å²) in [7, 11) is 1.56. The van der Waals surface area contributed by atoms with E-state index in [-0.39, 0.29) is 0 Å². The van der Waals surface area contributed by atoms with Gasteiger partial charge in [0.1, 0.15) is 12.0 Å². The summed E-state index contributed by atoms with van der Waals surface area (Å²) >= 11 is 0. The summed E-state index contributed by atoms with van der Waals surface area (Å²) in [5, 5.41) is 3.41. The standard InChI is InChI=1S/C13H22N4O/c1-3-9-4-6-10(7-5-9)17-12-11(14)13(18-2)16-8-15-12/h8-10H,3-7,14H2,1-2H3,(H,15,16,17). The number of nitrogens with one attached hydrogen (secondary N) is 1. The highest BCUT2D eigenvalue weighted by Crippen LogP contribution is 2.30. The van der Waals surface area contributed by atoms with Gasteiger partial charge in [-0.3, -0.25) is 0 Å². The second kappa shape index (κ2) is 5.89. The maximum absolute atomic E-state index is 5.95. The third kappa shape index (κ3) is 2.83. The summed E-state index contributed by atoms with van der Waals surface area (Å²) in [5.74, 6) is 2.02. The topological polar surface area (TPSA) is 73.1 Å². The van der Waals surface area contributed by atoms with Gasteiger partial charge in [0.2, 0.25) is 5.88 Å². The zero-order valence-corrected chi connectivity index (χ0v) is 11.1. The first kappa shape index (κ1) is 12.9. The van der Waals surface area contributed by atoms with Crippen molar-refractivity contribution in [1.82, 2.24) is 9.97 Å². The molecule has 5 nitrogen and oxygen atoms in total. The van der Waals surface area contributed by atoms with Crippen molar-refractivity contribution in [3.8, 4) is 5.88 Å². The van der Waals surface area contributed by atoms with Crippen LogP contribution in [0.15, 0.2) is 6.33 Å². The molecule has 0 radical (unpaired) electrons. The molecule has 2 rings (SSSR count). The van der Waals surface area contributed by atoms with Crippen molar-refractivity contribution >= 4 is 11.5 Å². The Morgan fingerprint density at radius 1 is 1.33 bits per heavy atom. The highest BCUT2D eigenvalue weighted by molar-refractivity contribution is 5.66. The van der Waals surface area contributed by atoms with Gasteiger partial charge in [-0.2, -0.15) is 4.98 Å². The number of hydrogen-bond acceptors (Lipinski definition) is 5. The van der Waals surface area contributed by atoms with Gasteiger partial charge in [-0.25, -0.2) is 4.98 Å². The van der Waals surface area contributed by atoms with Crippen LogP contribution in [0.5, 0.6) is 5.88 Å². The molecule has 18 heavy (non-hydrogen) atoms. The molecule has 0 unspecified atom stereocenters. The molecule has 0 amide bonds. The third-order valence-corrected chi connectivity index (χ3v) is 3.81. The molecule has 0 saturated heterocycles. The Morgan fingerprint density at radius 3 is 2.67 bits per heavy atom. The SMILES string of the molecule is CCC1CCC(Nc2ncnc(OC)c2N)CC1. The number of nitrogens with zero attached hydrogens (tertiary/aromatic N) is 2. The molecule has 5 heteroatoms. The number of nitrogens with two attached hydrogens (primary N) is 1. The van der Waals surface area contributed by atoms with E-state index in [1.807, 2.05) is 0 Å². The van der Waals surface area contributed by atoms with E-state index < -0.39 is 0 Å². The summed E-state index contributed by atoms with van der Waals surface area (Å²) < 4.78 is 5.09. The van der Waals surface area contributed by atoms with Gasteiger partial charge in [-0.05, 0) is 31.6 Å². The zero-order chi connectivity index (χ0) is 13.0. The molecule has 1 fully saturated rings. The van der Waals surface area contributed by atoms with Crippen LogP contribution in [0.2, 0.25) is 0 Å². The van der Waals surface area contributed by atoms with E-state index in [4.69, 9.17) is 10.5 Å². The highest BCUT2D eigenvalue weighted by atomic mass is 16.5. The zero-order valence-electron chi connectivity index (χ0n) is 11.1. The molecule has 1 aromatic heterocycles. The lowest BCUT2D eigenvalue weighted by Crippen LogP contribution is -2.26. The second-order valence-corrected chi connectivity index (χ2v) is 4.92. The molecule has 0 aliphatic heterocycles. The predicted molar refractivity (Wildman–Crippen MR) is 72.7 cm³/mol. The first-order chi connectivity index (χ1) is 8.74. The van der Waals surface area contributed by atoms with Gasteiger partial charge in [-0.15, -0.1) is 0 Å². The Kier molecular flexibility index (Phi) is 4.23. The smallest absolute Gasteiger partial charge is 0.242 e. The van der Waals surface area contributed by atoms with E-state index >= 15 is 0 Å². The maximum atomic E-state index is 5.95. The first-order valence-corrected chi connectivity index (χ1v) is 6.65. The molecule has 1 heterocycles. The van der Waals surface area contributed by atoms with Crippen LogP contribution >= 0.6 is 0 Å². The van der Waals surface area contributed by atoms with Crippen molar-refractivity contribution in [3.05, 3.63) is 6.33 Å². The summed E-state index contributed by atoms with van der Waals surface area (Å²) in [6, 6.07) is 0.467. The number of nitrogen functional groups attached to an aromatic ring is 1. The van der Waals surface area contributed by atoms with E-state index in [1.54, 1.807) is 7.11 Å². The number of rotatable bonds is 4. The Labute approximate surface area is 108 Å². The Balaban J connectivity index is 1.98.